The largest absolute Gasteiger partial charge is 0.388 e. The Bertz CT molecular complexity index is 858. The Balaban J connectivity index is 1.79. The predicted molar refractivity (Wildman–Crippen MR) is 107 cm³/mol. The number of aromatic nitrogens is 2. The third-order valence-corrected chi connectivity index (χ3v) is 6.06. The molecule has 0 aliphatic heterocycles. The summed E-state index contributed by atoms with van der Waals surface area (Å²) in [4.78, 5) is 4.99. The second-order valence-corrected chi connectivity index (χ2v) is 7.92. The summed E-state index contributed by atoms with van der Waals surface area (Å²) in [6.07, 6.45) is 5.08. The summed E-state index contributed by atoms with van der Waals surface area (Å²) in [7, 11) is 1.91. The van der Waals surface area contributed by atoms with Crippen LogP contribution in [0.5, 0.6) is 0 Å². The highest BCUT2D eigenvalue weighted by Crippen LogP contribution is 2.49. The van der Waals surface area contributed by atoms with Crippen LogP contribution in [0.2, 0.25) is 0 Å². The number of anilines is 1. The number of fused-ring (bicyclic) bond motifs is 2. The molecule has 0 saturated heterocycles. The summed E-state index contributed by atoms with van der Waals surface area (Å²) >= 11 is 0.216. The van der Waals surface area contributed by atoms with Crippen molar-refractivity contribution in [2.45, 2.75) is 46.0 Å². The van der Waals surface area contributed by atoms with E-state index >= 15 is 0 Å². The molecule has 138 valence electrons. The first-order valence-electron chi connectivity index (χ1n) is 9.40. The SMILES string of the molecule is CCC/C(=N\c1cc(NC)ccc1C)c1nn(SF)c2c1CC1CC1C2. The van der Waals surface area contributed by atoms with E-state index in [1.807, 2.05) is 7.05 Å². The molecule has 1 saturated carbocycles. The van der Waals surface area contributed by atoms with Crippen molar-refractivity contribution in [1.82, 2.24) is 9.19 Å². The van der Waals surface area contributed by atoms with E-state index in [-0.39, 0.29) is 12.3 Å². The molecular weight excluding hydrogens is 347 g/mol. The molecule has 2 aliphatic rings. The van der Waals surface area contributed by atoms with Crippen LogP contribution in [0.1, 0.15) is 48.7 Å². The fourth-order valence-electron chi connectivity index (χ4n) is 3.98. The van der Waals surface area contributed by atoms with Gasteiger partial charge in [-0.05, 0) is 62.1 Å². The van der Waals surface area contributed by atoms with Crippen molar-refractivity contribution in [3.63, 3.8) is 0 Å². The maximum Gasteiger partial charge on any atom is 0.187 e. The molecular formula is C20H25FN4S. The summed E-state index contributed by atoms with van der Waals surface area (Å²) < 4.78 is 15.0. The Hall–Kier alpha value is -1.82. The minimum absolute atomic E-state index is 0.216. The zero-order valence-electron chi connectivity index (χ0n) is 15.6. The lowest BCUT2D eigenvalue weighted by molar-refractivity contribution is 0.631. The number of hydrogen-bond acceptors (Lipinski definition) is 4. The van der Waals surface area contributed by atoms with E-state index < -0.39 is 0 Å². The Labute approximate surface area is 158 Å². The molecule has 2 atom stereocenters. The van der Waals surface area contributed by atoms with Crippen molar-refractivity contribution < 1.29 is 3.89 Å². The summed E-state index contributed by atoms with van der Waals surface area (Å²) in [5.74, 6) is 1.50. The fraction of sp³-hybridized carbons (Fsp3) is 0.500. The summed E-state index contributed by atoms with van der Waals surface area (Å²) in [5, 5.41) is 7.78. The number of rotatable bonds is 6. The van der Waals surface area contributed by atoms with Crippen molar-refractivity contribution in [1.29, 1.82) is 0 Å². The van der Waals surface area contributed by atoms with Crippen LogP contribution in [0.4, 0.5) is 15.3 Å². The van der Waals surface area contributed by atoms with Crippen LogP contribution in [0, 0.1) is 18.8 Å². The second kappa shape index (κ2) is 7.06. The third kappa shape index (κ3) is 3.15. The lowest BCUT2D eigenvalue weighted by Gasteiger charge is -2.13. The molecule has 1 aromatic heterocycles. The molecule has 4 nitrogen and oxygen atoms in total. The van der Waals surface area contributed by atoms with Crippen molar-refractivity contribution in [3.05, 3.63) is 40.7 Å². The van der Waals surface area contributed by atoms with E-state index in [1.165, 1.54) is 16.1 Å². The van der Waals surface area contributed by atoms with Gasteiger partial charge >= 0.3 is 0 Å². The fourth-order valence-corrected chi connectivity index (χ4v) is 4.36. The third-order valence-electron chi connectivity index (χ3n) is 5.63. The minimum atomic E-state index is 0.216. The molecule has 0 radical (unpaired) electrons. The number of halogens is 1. The quantitative estimate of drug-likeness (QED) is 0.703. The number of aliphatic imine (C=N–C) groups is 1. The van der Waals surface area contributed by atoms with E-state index in [1.54, 1.807) is 0 Å². The lowest BCUT2D eigenvalue weighted by atomic mass is 9.93. The van der Waals surface area contributed by atoms with Gasteiger partial charge in [-0.15, -0.1) is 3.89 Å². The molecule has 4 rings (SSSR count). The van der Waals surface area contributed by atoms with Crippen LogP contribution >= 0.6 is 12.3 Å². The van der Waals surface area contributed by atoms with Crippen LogP contribution in [-0.2, 0) is 12.8 Å². The van der Waals surface area contributed by atoms with E-state index in [0.29, 0.717) is 0 Å². The van der Waals surface area contributed by atoms with Crippen LogP contribution in [0.25, 0.3) is 0 Å². The molecule has 6 heteroatoms. The zero-order valence-corrected chi connectivity index (χ0v) is 16.4. The Kier molecular flexibility index (Phi) is 4.78. The van der Waals surface area contributed by atoms with Crippen LogP contribution < -0.4 is 5.32 Å². The van der Waals surface area contributed by atoms with Gasteiger partial charge in [0.25, 0.3) is 0 Å². The van der Waals surface area contributed by atoms with Crippen molar-refractivity contribution in [2.75, 3.05) is 12.4 Å². The number of benzene rings is 1. The average molecular weight is 373 g/mol. The molecule has 2 aliphatic carbocycles. The first-order valence-corrected chi connectivity index (χ1v) is 10.1. The Morgan fingerprint density at radius 2 is 2.19 bits per heavy atom. The normalized spacial score (nSPS) is 21.3. The molecule has 0 amide bonds. The van der Waals surface area contributed by atoms with Crippen LogP contribution in [-0.4, -0.2) is 21.9 Å². The highest BCUT2D eigenvalue weighted by Gasteiger charge is 2.44. The molecule has 2 aromatic rings. The van der Waals surface area contributed by atoms with Crippen molar-refractivity contribution >= 4 is 29.4 Å². The topological polar surface area (TPSA) is 42.2 Å². The van der Waals surface area contributed by atoms with Gasteiger partial charge in [0.05, 0.1) is 17.1 Å². The maximum atomic E-state index is 13.5. The lowest BCUT2D eigenvalue weighted by Crippen LogP contribution is -2.10. The predicted octanol–water partition coefficient (Wildman–Crippen LogP) is 5.27. The first kappa shape index (κ1) is 17.6. The molecule has 1 fully saturated rings. The smallest absolute Gasteiger partial charge is 0.187 e. The zero-order chi connectivity index (χ0) is 18.3. The average Bonchev–Trinajstić information content (AvgIpc) is 3.33. The van der Waals surface area contributed by atoms with Gasteiger partial charge in [0.1, 0.15) is 5.69 Å². The number of hydrogen-bond donors (Lipinski definition) is 1. The molecule has 26 heavy (non-hydrogen) atoms. The van der Waals surface area contributed by atoms with E-state index in [9.17, 15) is 3.89 Å². The summed E-state index contributed by atoms with van der Waals surface area (Å²) in [6, 6.07) is 6.20. The summed E-state index contributed by atoms with van der Waals surface area (Å²) in [6.45, 7) is 4.22. The molecule has 1 N–H and O–H groups in total. The van der Waals surface area contributed by atoms with Gasteiger partial charge in [0, 0.05) is 18.3 Å². The van der Waals surface area contributed by atoms with E-state index in [0.717, 1.165) is 71.6 Å². The molecule has 1 aromatic carbocycles. The molecule has 1 heterocycles. The van der Waals surface area contributed by atoms with Gasteiger partial charge in [-0.1, -0.05) is 19.4 Å². The maximum absolute atomic E-state index is 13.5. The van der Waals surface area contributed by atoms with Crippen molar-refractivity contribution in [2.24, 2.45) is 16.8 Å². The van der Waals surface area contributed by atoms with Crippen LogP contribution in [0.15, 0.2) is 23.2 Å². The van der Waals surface area contributed by atoms with Gasteiger partial charge in [-0.2, -0.15) is 9.19 Å². The summed E-state index contributed by atoms with van der Waals surface area (Å²) in [5.41, 5.74) is 7.31. The Morgan fingerprint density at radius 3 is 2.92 bits per heavy atom. The minimum Gasteiger partial charge on any atom is -0.388 e. The van der Waals surface area contributed by atoms with Crippen LogP contribution in [0.3, 0.4) is 0 Å². The number of nitrogens with one attached hydrogen (secondary N) is 1. The number of aryl methyl sites for hydroxylation is 1. The van der Waals surface area contributed by atoms with Gasteiger partial charge < -0.3 is 5.32 Å². The molecule has 0 bridgehead atoms. The highest BCUT2D eigenvalue weighted by atomic mass is 32.2. The van der Waals surface area contributed by atoms with Gasteiger partial charge in [0.15, 0.2) is 12.3 Å². The monoisotopic (exact) mass is 372 g/mol. The standard InChI is InChI=1S/C20H25FN4S/c1-4-5-17(23-18-11-15(22-3)7-6-12(18)2)20-16-9-13-8-14(13)10-19(16)25(24-20)26-21/h6-7,11,13-14,22H,4-5,8-10H2,1-3H3/b23-17+. The first-order chi connectivity index (χ1) is 12.6. The Morgan fingerprint density at radius 1 is 1.38 bits per heavy atom. The van der Waals surface area contributed by atoms with Gasteiger partial charge in [-0.25, -0.2) is 0 Å². The molecule has 0 spiro atoms. The van der Waals surface area contributed by atoms with Crippen molar-refractivity contribution in [3.8, 4) is 0 Å². The van der Waals surface area contributed by atoms with Gasteiger partial charge in [0.2, 0.25) is 0 Å². The van der Waals surface area contributed by atoms with E-state index in [4.69, 9.17) is 4.99 Å². The molecule has 2 unspecified atom stereocenters. The second-order valence-electron chi connectivity index (χ2n) is 7.44. The van der Waals surface area contributed by atoms with E-state index in [2.05, 4.69) is 42.5 Å². The highest BCUT2D eigenvalue weighted by molar-refractivity contribution is 7.92. The van der Waals surface area contributed by atoms with Gasteiger partial charge in [-0.3, -0.25) is 4.99 Å². The number of nitrogens with zero attached hydrogens (tertiary/aromatic N) is 3.